The molecule has 0 spiro atoms. The Morgan fingerprint density at radius 2 is 2.00 bits per heavy atom. The minimum atomic E-state index is 0.213. The Labute approximate surface area is 87.4 Å². The summed E-state index contributed by atoms with van der Waals surface area (Å²) in [5.74, 6) is 1.54. The van der Waals surface area contributed by atoms with Crippen LogP contribution in [0.4, 0.5) is 0 Å². The van der Waals surface area contributed by atoms with Crippen LogP contribution in [0.15, 0.2) is 0 Å². The highest BCUT2D eigenvalue weighted by molar-refractivity contribution is 5.12. The van der Waals surface area contributed by atoms with Gasteiger partial charge in [-0.25, -0.2) is 0 Å². The van der Waals surface area contributed by atoms with E-state index in [1.807, 2.05) is 0 Å². The average molecular weight is 196 g/mol. The Bertz CT molecular complexity index is 236. The van der Waals surface area contributed by atoms with Crippen molar-refractivity contribution >= 4 is 0 Å². The van der Waals surface area contributed by atoms with E-state index in [0.717, 1.165) is 5.92 Å². The molecule has 0 aromatic carbocycles. The van der Waals surface area contributed by atoms with Crippen LogP contribution in [0, 0.1) is 22.7 Å². The van der Waals surface area contributed by atoms with E-state index in [1.54, 1.807) is 0 Å². The zero-order valence-corrected chi connectivity index (χ0v) is 9.72. The maximum atomic E-state index is 6.15. The van der Waals surface area contributed by atoms with Gasteiger partial charge in [0.25, 0.3) is 0 Å². The second-order valence-corrected chi connectivity index (χ2v) is 6.12. The van der Waals surface area contributed by atoms with E-state index in [0.29, 0.717) is 23.3 Å². The van der Waals surface area contributed by atoms with Crippen LogP contribution < -0.4 is 11.5 Å². The van der Waals surface area contributed by atoms with Crippen molar-refractivity contribution in [1.29, 1.82) is 0 Å². The first-order chi connectivity index (χ1) is 6.43. The molecule has 4 unspecified atom stereocenters. The lowest BCUT2D eigenvalue weighted by Crippen LogP contribution is -2.45. The first kappa shape index (κ1) is 10.4. The van der Waals surface area contributed by atoms with Crippen LogP contribution in [-0.4, -0.2) is 12.6 Å². The Morgan fingerprint density at radius 3 is 2.36 bits per heavy atom. The summed E-state index contributed by atoms with van der Waals surface area (Å²) in [7, 11) is 0. The number of hydrogen-bond acceptors (Lipinski definition) is 2. The molecule has 0 radical (unpaired) electrons. The quantitative estimate of drug-likeness (QED) is 0.707. The third kappa shape index (κ3) is 1.04. The van der Waals surface area contributed by atoms with Gasteiger partial charge in [-0.2, -0.15) is 0 Å². The van der Waals surface area contributed by atoms with E-state index in [1.165, 1.54) is 19.3 Å². The summed E-state index contributed by atoms with van der Waals surface area (Å²) < 4.78 is 0. The fraction of sp³-hybridized carbons (Fsp3) is 1.00. The van der Waals surface area contributed by atoms with Crippen LogP contribution in [-0.2, 0) is 0 Å². The van der Waals surface area contributed by atoms with Crippen molar-refractivity contribution in [2.24, 2.45) is 34.1 Å². The molecule has 14 heavy (non-hydrogen) atoms. The van der Waals surface area contributed by atoms with Crippen LogP contribution in [0.5, 0.6) is 0 Å². The van der Waals surface area contributed by atoms with Gasteiger partial charge >= 0.3 is 0 Å². The molecule has 0 aromatic heterocycles. The Hall–Kier alpha value is -0.0800. The van der Waals surface area contributed by atoms with Gasteiger partial charge in [0.15, 0.2) is 0 Å². The van der Waals surface area contributed by atoms with Crippen molar-refractivity contribution in [1.82, 2.24) is 0 Å². The highest BCUT2D eigenvalue weighted by Crippen LogP contribution is 2.68. The Morgan fingerprint density at radius 1 is 1.36 bits per heavy atom. The minimum Gasteiger partial charge on any atom is -0.329 e. The second-order valence-electron chi connectivity index (χ2n) is 6.12. The van der Waals surface area contributed by atoms with Crippen LogP contribution in [0.3, 0.4) is 0 Å². The maximum absolute atomic E-state index is 6.15. The predicted molar refractivity (Wildman–Crippen MR) is 59.7 cm³/mol. The zero-order chi connectivity index (χ0) is 10.6. The van der Waals surface area contributed by atoms with Gasteiger partial charge in [0.05, 0.1) is 0 Å². The first-order valence-electron chi connectivity index (χ1n) is 5.89. The molecule has 2 saturated carbocycles. The van der Waals surface area contributed by atoms with Crippen molar-refractivity contribution in [3.8, 4) is 0 Å². The van der Waals surface area contributed by atoms with Crippen LogP contribution >= 0.6 is 0 Å². The molecule has 0 amide bonds. The van der Waals surface area contributed by atoms with Crippen molar-refractivity contribution < 1.29 is 0 Å². The molecular formula is C12H24N2. The summed E-state index contributed by atoms with van der Waals surface area (Å²) in [6.45, 7) is 7.92. The van der Waals surface area contributed by atoms with E-state index in [9.17, 15) is 0 Å². The normalized spacial score (nSPS) is 46.9. The van der Waals surface area contributed by atoms with E-state index in [2.05, 4.69) is 20.8 Å². The summed E-state index contributed by atoms with van der Waals surface area (Å²) >= 11 is 0. The molecule has 2 nitrogen and oxygen atoms in total. The van der Waals surface area contributed by atoms with Gasteiger partial charge < -0.3 is 11.5 Å². The van der Waals surface area contributed by atoms with E-state index in [4.69, 9.17) is 11.5 Å². The van der Waals surface area contributed by atoms with Gasteiger partial charge in [0.2, 0.25) is 0 Å². The molecule has 2 rings (SSSR count). The number of hydrogen-bond donors (Lipinski definition) is 2. The molecule has 4 N–H and O–H groups in total. The third-order valence-corrected chi connectivity index (χ3v) is 5.65. The Kier molecular flexibility index (Phi) is 2.20. The van der Waals surface area contributed by atoms with Gasteiger partial charge in [-0.1, -0.05) is 20.8 Å². The Balaban J connectivity index is 2.27. The van der Waals surface area contributed by atoms with Gasteiger partial charge in [0, 0.05) is 12.6 Å². The van der Waals surface area contributed by atoms with Gasteiger partial charge in [-0.15, -0.1) is 0 Å². The maximum Gasteiger partial charge on any atom is 0.0197 e. The van der Waals surface area contributed by atoms with E-state index < -0.39 is 0 Å². The van der Waals surface area contributed by atoms with Gasteiger partial charge in [-0.05, 0) is 41.9 Å². The molecule has 2 bridgehead atoms. The van der Waals surface area contributed by atoms with Gasteiger partial charge in [0.1, 0.15) is 0 Å². The second kappa shape index (κ2) is 2.96. The van der Waals surface area contributed by atoms with Crippen molar-refractivity contribution in [2.45, 2.75) is 46.1 Å². The molecule has 4 atom stereocenters. The summed E-state index contributed by atoms with van der Waals surface area (Å²) in [4.78, 5) is 0. The van der Waals surface area contributed by atoms with Crippen LogP contribution in [0.1, 0.15) is 40.0 Å². The van der Waals surface area contributed by atoms with Crippen LogP contribution in [0.2, 0.25) is 0 Å². The van der Waals surface area contributed by atoms with Crippen molar-refractivity contribution in [3.63, 3.8) is 0 Å². The summed E-state index contributed by atoms with van der Waals surface area (Å²) in [6, 6.07) is 0.213. The molecule has 0 aromatic rings. The molecule has 0 aliphatic heterocycles. The van der Waals surface area contributed by atoms with Gasteiger partial charge in [-0.3, -0.25) is 0 Å². The SMILES string of the molecule is CC1(C)C2CCC1(C)C(C(N)CN)C2. The molecule has 0 saturated heterocycles. The molecule has 82 valence electrons. The summed E-state index contributed by atoms with van der Waals surface area (Å²) in [5.41, 5.74) is 12.8. The van der Waals surface area contributed by atoms with Crippen LogP contribution in [0.25, 0.3) is 0 Å². The lowest BCUT2D eigenvalue weighted by molar-refractivity contribution is 0.0892. The molecule has 2 heteroatoms. The smallest absolute Gasteiger partial charge is 0.0197 e. The number of nitrogens with two attached hydrogens (primary N) is 2. The topological polar surface area (TPSA) is 52.0 Å². The average Bonchev–Trinajstić information content (AvgIpc) is 2.47. The first-order valence-corrected chi connectivity index (χ1v) is 5.89. The van der Waals surface area contributed by atoms with Crippen molar-refractivity contribution in [3.05, 3.63) is 0 Å². The summed E-state index contributed by atoms with van der Waals surface area (Å²) in [6.07, 6.45) is 4.06. The molecular weight excluding hydrogens is 172 g/mol. The fourth-order valence-corrected chi connectivity index (χ4v) is 4.08. The van der Waals surface area contributed by atoms with E-state index >= 15 is 0 Å². The zero-order valence-electron chi connectivity index (χ0n) is 9.72. The number of fused-ring (bicyclic) bond motifs is 2. The highest BCUT2D eigenvalue weighted by atomic mass is 14.8. The lowest BCUT2D eigenvalue weighted by Gasteiger charge is -2.41. The largest absolute Gasteiger partial charge is 0.329 e. The third-order valence-electron chi connectivity index (χ3n) is 5.65. The highest BCUT2D eigenvalue weighted by Gasteiger charge is 2.61. The lowest BCUT2D eigenvalue weighted by atomic mass is 9.65. The monoisotopic (exact) mass is 196 g/mol. The van der Waals surface area contributed by atoms with Crippen molar-refractivity contribution in [2.75, 3.05) is 6.54 Å². The predicted octanol–water partition coefficient (Wildman–Crippen LogP) is 1.73. The number of rotatable bonds is 2. The standard InChI is InChI=1S/C12H24N2/c1-11(2)8-4-5-12(11,3)9(6-8)10(14)7-13/h8-10H,4-7,13-14H2,1-3H3. The molecule has 0 heterocycles. The molecule has 2 fully saturated rings. The minimum absolute atomic E-state index is 0.213. The van der Waals surface area contributed by atoms with E-state index in [-0.39, 0.29) is 6.04 Å². The molecule has 2 aliphatic carbocycles. The summed E-state index contributed by atoms with van der Waals surface area (Å²) in [5, 5.41) is 0. The molecule has 2 aliphatic rings. The fourth-order valence-electron chi connectivity index (χ4n) is 4.08.